The summed E-state index contributed by atoms with van der Waals surface area (Å²) in [5.74, 6) is 0.338. The molecule has 0 aromatic heterocycles. The molecule has 2 heterocycles. The van der Waals surface area contributed by atoms with Crippen LogP contribution in [0.5, 0.6) is 0 Å². The van der Waals surface area contributed by atoms with Gasteiger partial charge >= 0.3 is 0 Å². The molecule has 19 heavy (non-hydrogen) atoms. The van der Waals surface area contributed by atoms with Gasteiger partial charge in [0.25, 0.3) is 0 Å². The summed E-state index contributed by atoms with van der Waals surface area (Å²) in [6, 6.07) is 8.79. The largest absolute Gasteiger partial charge is 0.338 e. The molecule has 102 valence electrons. The molecule has 1 aromatic carbocycles. The average Bonchev–Trinajstić information content (AvgIpc) is 2.90. The molecule has 2 atom stereocenters. The molecule has 0 spiro atoms. The van der Waals surface area contributed by atoms with Gasteiger partial charge in [-0.2, -0.15) is 0 Å². The van der Waals surface area contributed by atoms with Crippen molar-refractivity contribution in [2.75, 3.05) is 11.9 Å². The highest BCUT2D eigenvalue weighted by atomic mass is 79.9. The number of alkyl halides is 1. The minimum atomic E-state index is 0.0945. The van der Waals surface area contributed by atoms with Gasteiger partial charge in [0.15, 0.2) is 0 Å². The zero-order valence-electron chi connectivity index (χ0n) is 10.8. The number of carbonyl (C=O) groups excluding carboxylic acids is 1. The third kappa shape index (κ3) is 2.70. The number of thioether (sulfide) groups is 1. The molecule has 2 nitrogen and oxygen atoms in total. The summed E-state index contributed by atoms with van der Waals surface area (Å²) in [5.41, 5.74) is 1.33. The Morgan fingerprint density at radius 3 is 3.00 bits per heavy atom. The molecule has 2 aliphatic heterocycles. The average molecular weight is 340 g/mol. The van der Waals surface area contributed by atoms with E-state index < -0.39 is 0 Å². The normalized spacial score (nSPS) is 26.3. The lowest BCUT2D eigenvalue weighted by atomic mass is 10.0. The summed E-state index contributed by atoms with van der Waals surface area (Å²) in [6.07, 6.45) is 4.43. The van der Waals surface area contributed by atoms with E-state index in [9.17, 15) is 4.79 Å². The Kier molecular flexibility index (Phi) is 4.18. The lowest BCUT2D eigenvalue weighted by molar-refractivity contribution is -0.133. The Labute approximate surface area is 127 Å². The summed E-state index contributed by atoms with van der Waals surface area (Å²) < 4.78 is 0. The Morgan fingerprint density at radius 1 is 1.37 bits per heavy atom. The van der Waals surface area contributed by atoms with Gasteiger partial charge in [0, 0.05) is 22.8 Å². The van der Waals surface area contributed by atoms with E-state index in [0.717, 1.165) is 31.1 Å². The molecule has 0 bridgehead atoms. The van der Waals surface area contributed by atoms with Gasteiger partial charge < -0.3 is 4.90 Å². The van der Waals surface area contributed by atoms with Gasteiger partial charge in [0.2, 0.25) is 5.91 Å². The van der Waals surface area contributed by atoms with Crippen LogP contribution in [-0.2, 0) is 11.2 Å². The highest BCUT2D eigenvalue weighted by Gasteiger charge is 2.34. The van der Waals surface area contributed by atoms with Crippen LogP contribution in [0.25, 0.3) is 0 Å². The SMILES string of the molecule is O=C(C1Cc2ccccc2S1)N1CCCCC1CBr. The van der Waals surface area contributed by atoms with Gasteiger partial charge in [-0.15, -0.1) is 11.8 Å². The third-order valence-electron chi connectivity index (χ3n) is 4.01. The van der Waals surface area contributed by atoms with Crippen LogP contribution in [-0.4, -0.2) is 34.0 Å². The zero-order chi connectivity index (χ0) is 13.2. The molecule has 0 aliphatic carbocycles. The number of hydrogen-bond acceptors (Lipinski definition) is 2. The van der Waals surface area contributed by atoms with Gasteiger partial charge in [0.05, 0.1) is 5.25 Å². The molecule has 1 fully saturated rings. The highest BCUT2D eigenvalue weighted by Crippen LogP contribution is 2.38. The summed E-state index contributed by atoms with van der Waals surface area (Å²) in [7, 11) is 0. The number of likely N-dealkylation sites (tertiary alicyclic amines) is 1. The number of carbonyl (C=O) groups is 1. The first-order valence-electron chi connectivity index (χ1n) is 6.90. The first kappa shape index (κ1) is 13.5. The molecule has 2 unspecified atom stereocenters. The van der Waals surface area contributed by atoms with Crippen LogP contribution in [0.15, 0.2) is 29.2 Å². The minimum Gasteiger partial charge on any atom is -0.338 e. The van der Waals surface area contributed by atoms with Crippen LogP contribution >= 0.6 is 27.7 Å². The molecule has 1 amide bonds. The van der Waals surface area contributed by atoms with Crippen LogP contribution in [0.3, 0.4) is 0 Å². The standard InChI is InChI=1S/C15H18BrNOS/c16-10-12-6-3-4-8-17(12)15(18)14-9-11-5-1-2-7-13(11)19-14/h1-2,5,7,12,14H,3-4,6,8-10H2. The Hall–Kier alpha value is -0.480. The van der Waals surface area contributed by atoms with Crippen molar-refractivity contribution in [2.24, 2.45) is 0 Å². The number of fused-ring (bicyclic) bond motifs is 1. The van der Waals surface area contributed by atoms with E-state index in [1.165, 1.54) is 16.9 Å². The second kappa shape index (κ2) is 5.88. The van der Waals surface area contributed by atoms with Crippen LogP contribution in [0.4, 0.5) is 0 Å². The first-order chi connectivity index (χ1) is 9.29. The van der Waals surface area contributed by atoms with Gasteiger partial charge in [0.1, 0.15) is 0 Å². The van der Waals surface area contributed by atoms with Crippen molar-refractivity contribution in [1.29, 1.82) is 0 Å². The Balaban J connectivity index is 1.72. The third-order valence-corrected chi connectivity index (χ3v) is 6.06. The number of rotatable bonds is 2. The highest BCUT2D eigenvalue weighted by molar-refractivity contribution is 9.09. The van der Waals surface area contributed by atoms with Gasteiger partial charge in [-0.3, -0.25) is 4.79 Å². The van der Waals surface area contributed by atoms with Gasteiger partial charge in [-0.1, -0.05) is 34.1 Å². The maximum atomic E-state index is 12.7. The van der Waals surface area contributed by atoms with Crippen molar-refractivity contribution >= 4 is 33.6 Å². The second-order valence-electron chi connectivity index (χ2n) is 5.25. The van der Waals surface area contributed by atoms with E-state index in [1.54, 1.807) is 11.8 Å². The molecule has 1 saturated heterocycles. The zero-order valence-corrected chi connectivity index (χ0v) is 13.3. The van der Waals surface area contributed by atoms with E-state index in [4.69, 9.17) is 0 Å². The maximum absolute atomic E-state index is 12.7. The number of benzene rings is 1. The smallest absolute Gasteiger partial charge is 0.236 e. The summed E-state index contributed by atoms with van der Waals surface area (Å²) >= 11 is 5.30. The monoisotopic (exact) mass is 339 g/mol. The van der Waals surface area contributed by atoms with Crippen LogP contribution in [0.2, 0.25) is 0 Å². The molecular weight excluding hydrogens is 322 g/mol. The molecule has 4 heteroatoms. The Morgan fingerprint density at radius 2 is 2.21 bits per heavy atom. The molecule has 0 radical (unpaired) electrons. The van der Waals surface area contributed by atoms with E-state index in [1.807, 2.05) is 0 Å². The topological polar surface area (TPSA) is 20.3 Å². The number of halogens is 1. The van der Waals surface area contributed by atoms with E-state index in [2.05, 4.69) is 45.1 Å². The molecule has 0 saturated carbocycles. The lowest BCUT2D eigenvalue weighted by Gasteiger charge is -2.36. The van der Waals surface area contributed by atoms with Crippen LogP contribution in [0.1, 0.15) is 24.8 Å². The molecule has 2 aliphatic rings. The van der Waals surface area contributed by atoms with Crippen molar-refractivity contribution in [3.8, 4) is 0 Å². The summed E-state index contributed by atoms with van der Waals surface area (Å²) in [4.78, 5) is 16.1. The predicted molar refractivity (Wildman–Crippen MR) is 82.9 cm³/mol. The second-order valence-corrected chi connectivity index (χ2v) is 7.15. The van der Waals surface area contributed by atoms with Gasteiger partial charge in [-0.25, -0.2) is 0 Å². The van der Waals surface area contributed by atoms with E-state index in [0.29, 0.717) is 11.9 Å². The number of nitrogens with zero attached hydrogens (tertiary/aromatic N) is 1. The fraction of sp³-hybridized carbons (Fsp3) is 0.533. The number of piperidine rings is 1. The van der Waals surface area contributed by atoms with Crippen molar-refractivity contribution in [3.05, 3.63) is 29.8 Å². The van der Waals surface area contributed by atoms with E-state index in [-0.39, 0.29) is 5.25 Å². The predicted octanol–water partition coefficient (Wildman–Crippen LogP) is 3.48. The van der Waals surface area contributed by atoms with Crippen LogP contribution < -0.4 is 0 Å². The molecule has 3 rings (SSSR count). The number of hydrogen-bond donors (Lipinski definition) is 0. The quantitative estimate of drug-likeness (QED) is 0.769. The Bertz CT molecular complexity index is 454. The first-order valence-corrected chi connectivity index (χ1v) is 8.90. The molecular formula is C15H18BrNOS. The summed E-state index contributed by atoms with van der Waals surface area (Å²) in [6.45, 7) is 0.933. The van der Waals surface area contributed by atoms with Crippen LogP contribution in [0, 0.1) is 0 Å². The lowest BCUT2D eigenvalue weighted by Crippen LogP contribution is -2.48. The number of amides is 1. The van der Waals surface area contributed by atoms with Gasteiger partial charge in [-0.05, 0) is 37.3 Å². The van der Waals surface area contributed by atoms with E-state index >= 15 is 0 Å². The van der Waals surface area contributed by atoms with Crippen molar-refractivity contribution in [1.82, 2.24) is 4.90 Å². The fourth-order valence-electron chi connectivity index (χ4n) is 2.96. The molecule has 0 N–H and O–H groups in total. The van der Waals surface area contributed by atoms with Crippen molar-refractivity contribution < 1.29 is 4.79 Å². The fourth-order valence-corrected chi connectivity index (χ4v) is 4.89. The molecule has 1 aromatic rings. The van der Waals surface area contributed by atoms with Crippen molar-refractivity contribution in [2.45, 2.75) is 41.9 Å². The van der Waals surface area contributed by atoms with Crippen molar-refractivity contribution in [3.63, 3.8) is 0 Å². The minimum absolute atomic E-state index is 0.0945. The summed E-state index contributed by atoms with van der Waals surface area (Å²) in [5, 5.41) is 1.00. The maximum Gasteiger partial charge on any atom is 0.236 e.